The molecule has 3 aromatic rings. The van der Waals surface area contributed by atoms with Crippen LogP contribution in [0.15, 0.2) is 72.5 Å². The molecule has 0 aliphatic carbocycles. The monoisotopic (exact) mass is 430 g/mol. The highest BCUT2D eigenvalue weighted by Gasteiger charge is 2.51. The summed E-state index contributed by atoms with van der Waals surface area (Å²) in [5, 5.41) is 1.22. The van der Waals surface area contributed by atoms with Crippen molar-refractivity contribution in [2.24, 2.45) is 0 Å². The fourth-order valence-electron chi connectivity index (χ4n) is 5.70. The molecule has 0 N–H and O–H groups in total. The molecule has 4 rings (SSSR count). The van der Waals surface area contributed by atoms with E-state index in [0.29, 0.717) is 0 Å². The molecule has 0 radical (unpaired) electrons. The normalized spacial score (nSPS) is 20.9. The average molecular weight is 431 g/mol. The van der Waals surface area contributed by atoms with Gasteiger partial charge in [-0.25, -0.2) is 0 Å². The minimum absolute atomic E-state index is 0.0260. The number of allylic oxidation sites excluding steroid dienone is 1. The summed E-state index contributed by atoms with van der Waals surface area (Å²) in [6.07, 6.45) is 5.00. The van der Waals surface area contributed by atoms with E-state index in [2.05, 4.69) is 99.0 Å². The van der Waals surface area contributed by atoms with Gasteiger partial charge in [0.25, 0.3) is 5.72 Å². The van der Waals surface area contributed by atoms with E-state index in [4.69, 9.17) is 9.47 Å². The Morgan fingerprint density at radius 2 is 1.72 bits per heavy atom. The van der Waals surface area contributed by atoms with Gasteiger partial charge in [-0.05, 0) is 56.5 Å². The number of rotatable bonds is 6. The number of hydrogen-bond acceptors (Lipinski definition) is 2. The van der Waals surface area contributed by atoms with Crippen LogP contribution in [0.4, 0.5) is 0 Å². The molecule has 2 unspecified atom stereocenters. The summed E-state index contributed by atoms with van der Waals surface area (Å²) >= 11 is 0. The van der Waals surface area contributed by atoms with E-state index in [0.717, 1.165) is 25.0 Å². The van der Waals surface area contributed by atoms with Gasteiger partial charge in [-0.3, -0.25) is 0 Å². The summed E-state index contributed by atoms with van der Waals surface area (Å²) < 4.78 is 14.8. The fourth-order valence-corrected chi connectivity index (χ4v) is 5.70. The molecule has 0 saturated carbocycles. The highest BCUT2D eigenvalue weighted by molar-refractivity contribution is 5.78. The van der Waals surface area contributed by atoms with Crippen LogP contribution in [-0.4, -0.2) is 13.2 Å². The maximum absolute atomic E-state index is 6.96. The molecule has 3 heteroatoms. The second-order valence-corrected chi connectivity index (χ2v) is 9.30. The fraction of sp³-hybridized carbons (Fsp3) is 0.414. The van der Waals surface area contributed by atoms with Crippen LogP contribution in [0.2, 0.25) is 0 Å². The first-order valence-electron chi connectivity index (χ1n) is 11.8. The van der Waals surface area contributed by atoms with Crippen molar-refractivity contribution in [3.63, 3.8) is 0 Å². The highest BCUT2D eigenvalue weighted by Crippen LogP contribution is 2.47. The van der Waals surface area contributed by atoms with Gasteiger partial charge in [0, 0.05) is 36.3 Å². The number of aromatic nitrogens is 1. The molecule has 32 heavy (non-hydrogen) atoms. The third kappa shape index (κ3) is 3.73. The molecule has 1 aliphatic rings. The van der Waals surface area contributed by atoms with E-state index in [1.165, 1.54) is 27.7 Å². The number of fused-ring (bicyclic) bond motifs is 5. The highest BCUT2D eigenvalue weighted by atomic mass is 16.5. The van der Waals surface area contributed by atoms with Crippen LogP contribution in [0.5, 0.6) is 0 Å². The molecule has 1 aliphatic heterocycles. The van der Waals surface area contributed by atoms with Gasteiger partial charge in [0.15, 0.2) is 0 Å². The van der Waals surface area contributed by atoms with Gasteiger partial charge in [-0.2, -0.15) is 4.57 Å². The topological polar surface area (TPSA) is 22.3 Å². The van der Waals surface area contributed by atoms with Crippen molar-refractivity contribution in [3.8, 4) is 11.3 Å². The second-order valence-electron chi connectivity index (χ2n) is 9.30. The summed E-state index contributed by atoms with van der Waals surface area (Å²) in [7, 11) is 1.71. The molecule has 2 aromatic carbocycles. The van der Waals surface area contributed by atoms with E-state index < -0.39 is 5.72 Å². The first-order chi connectivity index (χ1) is 15.4. The van der Waals surface area contributed by atoms with Crippen molar-refractivity contribution in [1.82, 2.24) is 0 Å². The van der Waals surface area contributed by atoms with Crippen LogP contribution < -0.4 is 4.57 Å². The smallest absolute Gasteiger partial charge is 0.271 e. The first kappa shape index (κ1) is 22.5. The average Bonchev–Trinajstić information content (AvgIpc) is 2.90. The second kappa shape index (κ2) is 8.71. The van der Waals surface area contributed by atoms with E-state index in [-0.39, 0.29) is 11.5 Å². The Hall–Kier alpha value is -2.65. The number of ether oxygens (including phenoxy) is 2. The lowest BCUT2D eigenvalue weighted by Crippen LogP contribution is -2.60. The van der Waals surface area contributed by atoms with Crippen molar-refractivity contribution in [1.29, 1.82) is 0 Å². The molecule has 3 nitrogen and oxygen atoms in total. The Balaban J connectivity index is 2.04. The summed E-state index contributed by atoms with van der Waals surface area (Å²) in [5.41, 5.74) is 4.64. The maximum atomic E-state index is 6.96. The molecular formula is C29H36NO2+. The van der Waals surface area contributed by atoms with Gasteiger partial charge < -0.3 is 9.47 Å². The molecule has 2 heterocycles. The molecule has 0 fully saturated rings. The Morgan fingerprint density at radius 3 is 2.44 bits per heavy atom. The van der Waals surface area contributed by atoms with Crippen LogP contribution in [0.25, 0.3) is 22.2 Å². The quantitative estimate of drug-likeness (QED) is 0.314. The summed E-state index contributed by atoms with van der Waals surface area (Å²) in [4.78, 5) is 0. The predicted molar refractivity (Wildman–Crippen MR) is 131 cm³/mol. The molecule has 168 valence electrons. The Bertz CT molecular complexity index is 1140. The van der Waals surface area contributed by atoms with Gasteiger partial charge in [0.05, 0.1) is 24.5 Å². The van der Waals surface area contributed by atoms with Crippen molar-refractivity contribution in [3.05, 3.63) is 78.1 Å². The van der Waals surface area contributed by atoms with Crippen LogP contribution in [0.3, 0.4) is 0 Å². The van der Waals surface area contributed by atoms with Crippen molar-refractivity contribution in [2.45, 2.75) is 71.1 Å². The SMILES string of the molecule is CCC1(CC)CC(C)(OC(C)C=C(C)OC)[n+]2c(ccc3ccccc32)-c2ccccc21. The van der Waals surface area contributed by atoms with E-state index in [1.54, 1.807) is 7.11 Å². The number of para-hydroxylation sites is 1. The van der Waals surface area contributed by atoms with E-state index in [1.807, 2.05) is 6.92 Å². The molecule has 0 saturated heterocycles. The standard InChI is InChI=1S/C29H36NO2/c1-7-29(8-2)20-28(5,32-22(4)19-21(3)31-6)30-26-16-12-9-13-23(26)17-18-27(30)24-14-10-11-15-25(24)29/h9-19,22H,7-8,20H2,1-6H3/q+1. The van der Waals surface area contributed by atoms with E-state index in [9.17, 15) is 0 Å². The van der Waals surface area contributed by atoms with Crippen molar-refractivity contribution < 1.29 is 14.0 Å². The third-order valence-corrected chi connectivity index (χ3v) is 7.34. The van der Waals surface area contributed by atoms with Gasteiger partial charge >= 0.3 is 0 Å². The lowest BCUT2D eigenvalue weighted by atomic mass is 9.70. The van der Waals surface area contributed by atoms with Crippen molar-refractivity contribution in [2.75, 3.05) is 7.11 Å². The molecule has 0 spiro atoms. The summed E-state index contributed by atoms with van der Waals surface area (Å²) in [6, 6.07) is 22.1. The summed E-state index contributed by atoms with van der Waals surface area (Å²) in [5.74, 6) is 0.874. The van der Waals surface area contributed by atoms with Crippen LogP contribution in [0.1, 0.15) is 59.4 Å². The van der Waals surface area contributed by atoms with Crippen molar-refractivity contribution >= 4 is 10.9 Å². The number of hydrogen-bond donors (Lipinski definition) is 0. The van der Waals surface area contributed by atoms with Crippen LogP contribution >= 0.6 is 0 Å². The van der Waals surface area contributed by atoms with Gasteiger partial charge in [-0.15, -0.1) is 0 Å². The molecule has 1 aromatic heterocycles. The molecule has 0 amide bonds. The Labute approximate surface area is 192 Å². The van der Waals surface area contributed by atoms with Gasteiger partial charge in [0.1, 0.15) is 0 Å². The number of benzene rings is 2. The van der Waals surface area contributed by atoms with Gasteiger partial charge in [-0.1, -0.05) is 44.2 Å². The minimum Gasteiger partial charge on any atom is -0.502 e. The van der Waals surface area contributed by atoms with Crippen LogP contribution in [-0.2, 0) is 20.6 Å². The zero-order chi connectivity index (χ0) is 22.9. The molecule has 0 bridgehead atoms. The number of pyridine rings is 1. The zero-order valence-corrected chi connectivity index (χ0v) is 20.3. The van der Waals surface area contributed by atoms with Crippen LogP contribution in [0, 0.1) is 0 Å². The number of nitrogens with zero attached hydrogens (tertiary/aromatic N) is 1. The summed E-state index contributed by atoms with van der Waals surface area (Å²) in [6.45, 7) is 11.0. The lowest BCUT2D eigenvalue weighted by Gasteiger charge is -2.37. The lowest BCUT2D eigenvalue weighted by molar-refractivity contribution is -0.780. The zero-order valence-electron chi connectivity index (χ0n) is 20.3. The third-order valence-electron chi connectivity index (χ3n) is 7.34. The van der Waals surface area contributed by atoms with Gasteiger partial charge in [0.2, 0.25) is 11.2 Å². The maximum Gasteiger partial charge on any atom is 0.271 e. The molecule has 2 atom stereocenters. The number of methoxy groups -OCH3 is 1. The largest absolute Gasteiger partial charge is 0.502 e. The Kier molecular flexibility index (Phi) is 6.13. The predicted octanol–water partition coefficient (Wildman–Crippen LogP) is 6.88. The van der Waals surface area contributed by atoms with E-state index >= 15 is 0 Å². The first-order valence-corrected chi connectivity index (χ1v) is 11.8. The Morgan fingerprint density at radius 1 is 1.03 bits per heavy atom. The molecular weight excluding hydrogens is 394 g/mol. The minimum atomic E-state index is -0.537.